The van der Waals surface area contributed by atoms with Crippen LogP contribution >= 0.6 is 11.6 Å². The maximum absolute atomic E-state index is 13.2. The molecule has 0 unspecified atom stereocenters. The Kier molecular flexibility index (Phi) is 4.38. The molecule has 0 atom stereocenters. The average molecular weight is 381 g/mol. The number of fused-ring (bicyclic) bond motifs is 1. The molecule has 134 valence electrons. The molecule has 3 aromatic carbocycles. The number of hydrogen-bond acceptors (Lipinski definition) is 3. The van der Waals surface area contributed by atoms with E-state index in [1.165, 1.54) is 18.2 Å². The van der Waals surface area contributed by atoms with E-state index in [1.54, 1.807) is 24.3 Å². The minimum Gasteiger partial charge on any atom is -0.436 e. The number of nitrogens with zero attached hydrogens (tertiary/aromatic N) is 1. The maximum atomic E-state index is 13.2. The molecular formula is C21H14ClFN2O2. The molecule has 0 saturated carbocycles. The summed E-state index contributed by atoms with van der Waals surface area (Å²) < 4.78 is 18.9. The molecule has 0 aliphatic heterocycles. The number of anilines is 1. The number of oxazole rings is 1. The van der Waals surface area contributed by atoms with Gasteiger partial charge in [-0.1, -0.05) is 29.8 Å². The number of hydrogen-bond donors (Lipinski definition) is 1. The summed E-state index contributed by atoms with van der Waals surface area (Å²) in [7, 11) is 0. The topological polar surface area (TPSA) is 55.1 Å². The molecule has 4 rings (SSSR count). The van der Waals surface area contributed by atoms with E-state index in [0.29, 0.717) is 27.9 Å². The van der Waals surface area contributed by atoms with E-state index in [-0.39, 0.29) is 16.8 Å². The Hall–Kier alpha value is -3.18. The SMILES string of the molecule is Cc1ccccc1C(=O)Nc1ccc2oc(-c3ccc(F)cc3Cl)nc2c1. The molecule has 1 N–H and O–H groups in total. The molecule has 0 aliphatic rings. The summed E-state index contributed by atoms with van der Waals surface area (Å²) in [5.41, 5.74) is 3.70. The van der Waals surface area contributed by atoms with Crippen molar-refractivity contribution in [3.63, 3.8) is 0 Å². The van der Waals surface area contributed by atoms with Crippen LogP contribution in [0.25, 0.3) is 22.6 Å². The van der Waals surface area contributed by atoms with Crippen molar-refractivity contribution in [1.82, 2.24) is 4.98 Å². The summed E-state index contributed by atoms with van der Waals surface area (Å²) in [5.74, 6) is -0.337. The second-order valence-electron chi connectivity index (χ2n) is 6.09. The van der Waals surface area contributed by atoms with Crippen molar-refractivity contribution in [2.24, 2.45) is 0 Å². The third-order valence-electron chi connectivity index (χ3n) is 4.20. The Labute approximate surface area is 159 Å². The highest BCUT2D eigenvalue weighted by molar-refractivity contribution is 6.33. The van der Waals surface area contributed by atoms with E-state index in [0.717, 1.165) is 5.56 Å². The molecule has 0 aliphatic carbocycles. The summed E-state index contributed by atoms with van der Waals surface area (Å²) in [6.45, 7) is 1.88. The smallest absolute Gasteiger partial charge is 0.255 e. The zero-order chi connectivity index (χ0) is 19.0. The van der Waals surface area contributed by atoms with Crippen LogP contribution in [0.15, 0.2) is 65.1 Å². The van der Waals surface area contributed by atoms with E-state index in [4.69, 9.17) is 16.0 Å². The molecule has 0 fully saturated rings. The molecule has 0 radical (unpaired) electrons. The highest BCUT2D eigenvalue weighted by Gasteiger charge is 2.14. The van der Waals surface area contributed by atoms with E-state index in [1.807, 2.05) is 25.1 Å². The summed E-state index contributed by atoms with van der Waals surface area (Å²) in [4.78, 5) is 16.9. The quantitative estimate of drug-likeness (QED) is 0.485. The first-order valence-electron chi connectivity index (χ1n) is 8.24. The molecule has 0 bridgehead atoms. The molecule has 4 nitrogen and oxygen atoms in total. The number of carbonyl (C=O) groups is 1. The molecule has 1 aromatic heterocycles. The first-order chi connectivity index (χ1) is 13.0. The second-order valence-corrected chi connectivity index (χ2v) is 6.50. The van der Waals surface area contributed by atoms with Crippen molar-refractivity contribution in [2.75, 3.05) is 5.32 Å². The van der Waals surface area contributed by atoms with Crippen LogP contribution in [0.3, 0.4) is 0 Å². The van der Waals surface area contributed by atoms with Gasteiger partial charge in [-0.3, -0.25) is 4.79 Å². The Balaban J connectivity index is 1.65. The lowest BCUT2D eigenvalue weighted by atomic mass is 10.1. The van der Waals surface area contributed by atoms with Crippen molar-refractivity contribution < 1.29 is 13.6 Å². The number of nitrogens with one attached hydrogen (secondary N) is 1. The van der Waals surface area contributed by atoms with Gasteiger partial charge in [-0.2, -0.15) is 0 Å². The largest absolute Gasteiger partial charge is 0.436 e. The highest BCUT2D eigenvalue weighted by Crippen LogP contribution is 2.31. The number of rotatable bonds is 3. The van der Waals surface area contributed by atoms with Gasteiger partial charge < -0.3 is 9.73 Å². The van der Waals surface area contributed by atoms with Crippen LogP contribution in [-0.4, -0.2) is 10.9 Å². The zero-order valence-corrected chi connectivity index (χ0v) is 15.0. The van der Waals surface area contributed by atoms with Gasteiger partial charge in [0, 0.05) is 11.3 Å². The number of benzene rings is 3. The van der Waals surface area contributed by atoms with Crippen LogP contribution in [0, 0.1) is 12.7 Å². The van der Waals surface area contributed by atoms with Gasteiger partial charge in [0.2, 0.25) is 5.89 Å². The molecule has 27 heavy (non-hydrogen) atoms. The summed E-state index contributed by atoms with van der Waals surface area (Å²) >= 11 is 6.08. The summed E-state index contributed by atoms with van der Waals surface area (Å²) in [6, 6.07) is 16.6. The first-order valence-corrected chi connectivity index (χ1v) is 8.62. The molecular weight excluding hydrogens is 367 g/mol. The van der Waals surface area contributed by atoms with Gasteiger partial charge in [0.15, 0.2) is 5.58 Å². The van der Waals surface area contributed by atoms with Crippen LogP contribution in [0.2, 0.25) is 5.02 Å². The van der Waals surface area contributed by atoms with Crippen LogP contribution in [0.4, 0.5) is 10.1 Å². The van der Waals surface area contributed by atoms with Crippen molar-refractivity contribution in [3.8, 4) is 11.5 Å². The van der Waals surface area contributed by atoms with Crippen LogP contribution < -0.4 is 5.32 Å². The van der Waals surface area contributed by atoms with Crippen molar-refractivity contribution in [3.05, 3.63) is 82.6 Å². The van der Waals surface area contributed by atoms with E-state index in [9.17, 15) is 9.18 Å². The Morgan fingerprint density at radius 1 is 1.11 bits per heavy atom. The van der Waals surface area contributed by atoms with Gasteiger partial charge >= 0.3 is 0 Å². The number of carbonyl (C=O) groups excluding carboxylic acids is 1. The fraction of sp³-hybridized carbons (Fsp3) is 0.0476. The second kappa shape index (κ2) is 6.85. The van der Waals surface area contributed by atoms with Gasteiger partial charge in [0.25, 0.3) is 5.91 Å². The van der Waals surface area contributed by atoms with Gasteiger partial charge in [-0.05, 0) is 55.0 Å². The summed E-state index contributed by atoms with van der Waals surface area (Å²) in [5, 5.41) is 3.08. The first kappa shape index (κ1) is 17.2. The van der Waals surface area contributed by atoms with E-state index < -0.39 is 5.82 Å². The van der Waals surface area contributed by atoms with Crippen LogP contribution in [-0.2, 0) is 0 Å². The minimum atomic E-state index is -0.430. The van der Waals surface area contributed by atoms with Gasteiger partial charge in [-0.15, -0.1) is 0 Å². The van der Waals surface area contributed by atoms with Crippen molar-refractivity contribution in [2.45, 2.75) is 6.92 Å². The normalized spacial score (nSPS) is 10.9. The lowest BCUT2D eigenvalue weighted by Crippen LogP contribution is -2.13. The lowest BCUT2D eigenvalue weighted by Gasteiger charge is -2.07. The lowest BCUT2D eigenvalue weighted by molar-refractivity contribution is 0.102. The number of halogens is 2. The monoisotopic (exact) mass is 380 g/mol. The predicted molar refractivity (Wildman–Crippen MR) is 104 cm³/mol. The van der Waals surface area contributed by atoms with Crippen molar-refractivity contribution >= 4 is 34.3 Å². The molecule has 0 saturated heterocycles. The van der Waals surface area contributed by atoms with E-state index in [2.05, 4.69) is 10.3 Å². The van der Waals surface area contributed by atoms with Crippen molar-refractivity contribution in [1.29, 1.82) is 0 Å². The third kappa shape index (κ3) is 3.41. The number of aromatic nitrogens is 1. The molecule has 1 amide bonds. The number of aryl methyl sites for hydroxylation is 1. The Morgan fingerprint density at radius 2 is 1.93 bits per heavy atom. The zero-order valence-electron chi connectivity index (χ0n) is 14.3. The van der Waals surface area contributed by atoms with E-state index >= 15 is 0 Å². The standard InChI is InChI=1S/C21H14ClFN2O2/c1-12-4-2-3-5-15(12)20(26)24-14-7-9-19-18(11-14)25-21(27-19)16-8-6-13(23)10-17(16)22/h2-11H,1H3,(H,24,26). The fourth-order valence-corrected chi connectivity index (χ4v) is 3.06. The Morgan fingerprint density at radius 3 is 2.70 bits per heavy atom. The maximum Gasteiger partial charge on any atom is 0.255 e. The van der Waals surface area contributed by atoms with Crippen LogP contribution in [0.5, 0.6) is 0 Å². The Bertz CT molecular complexity index is 1170. The van der Waals surface area contributed by atoms with Gasteiger partial charge in [0.1, 0.15) is 11.3 Å². The van der Waals surface area contributed by atoms with Gasteiger partial charge in [-0.25, -0.2) is 9.37 Å². The molecule has 6 heteroatoms. The third-order valence-corrected chi connectivity index (χ3v) is 4.51. The molecule has 1 heterocycles. The van der Waals surface area contributed by atoms with Gasteiger partial charge in [0.05, 0.1) is 10.6 Å². The van der Waals surface area contributed by atoms with Crippen LogP contribution in [0.1, 0.15) is 15.9 Å². The summed E-state index contributed by atoms with van der Waals surface area (Å²) in [6.07, 6.45) is 0. The number of amides is 1. The molecule has 0 spiro atoms. The highest BCUT2D eigenvalue weighted by atomic mass is 35.5. The predicted octanol–water partition coefficient (Wildman–Crippen LogP) is 5.85. The fourth-order valence-electron chi connectivity index (χ4n) is 2.81. The average Bonchev–Trinajstić information content (AvgIpc) is 3.05. The minimum absolute atomic E-state index is 0.197. The molecule has 4 aromatic rings.